The molecule has 94 valence electrons. The molecule has 0 saturated heterocycles. The van der Waals surface area contributed by atoms with Crippen LogP contribution in [0.3, 0.4) is 0 Å². The maximum absolute atomic E-state index is 5.64. The molecular formula is C13H20N2OS. The number of rotatable bonds is 7. The lowest BCUT2D eigenvalue weighted by molar-refractivity contribution is 0.196. The Kier molecular flexibility index (Phi) is 5.94. The lowest BCUT2D eigenvalue weighted by atomic mass is 10.3. The van der Waals surface area contributed by atoms with Crippen LogP contribution in [-0.4, -0.2) is 35.6 Å². The topological polar surface area (TPSA) is 38.5 Å². The van der Waals surface area contributed by atoms with E-state index in [9.17, 15) is 0 Å². The Balaban J connectivity index is 2.35. The molecule has 0 bridgehead atoms. The van der Waals surface area contributed by atoms with Crippen molar-refractivity contribution < 1.29 is 4.74 Å². The van der Waals surface area contributed by atoms with E-state index in [0.717, 1.165) is 12.3 Å². The van der Waals surface area contributed by atoms with Crippen LogP contribution in [0.1, 0.15) is 13.8 Å². The number of para-hydroxylation sites is 1. The van der Waals surface area contributed by atoms with Gasteiger partial charge in [0.05, 0.1) is 4.99 Å². The second-order valence-electron chi connectivity index (χ2n) is 4.19. The Morgan fingerprint density at radius 1 is 1.35 bits per heavy atom. The van der Waals surface area contributed by atoms with Crippen LogP contribution >= 0.6 is 12.2 Å². The van der Waals surface area contributed by atoms with Gasteiger partial charge in [0.15, 0.2) is 0 Å². The van der Waals surface area contributed by atoms with Crippen molar-refractivity contribution in [1.82, 2.24) is 4.90 Å². The molecule has 1 aromatic rings. The van der Waals surface area contributed by atoms with Gasteiger partial charge in [-0.15, -0.1) is 0 Å². The maximum atomic E-state index is 5.64. The van der Waals surface area contributed by atoms with Gasteiger partial charge in [-0.1, -0.05) is 30.4 Å². The van der Waals surface area contributed by atoms with E-state index in [1.807, 2.05) is 30.3 Å². The number of hydrogen-bond acceptors (Lipinski definition) is 3. The van der Waals surface area contributed by atoms with Crippen LogP contribution in [0.15, 0.2) is 30.3 Å². The summed E-state index contributed by atoms with van der Waals surface area (Å²) >= 11 is 4.93. The highest BCUT2D eigenvalue weighted by Gasteiger charge is 2.10. The van der Waals surface area contributed by atoms with Crippen LogP contribution in [0.4, 0.5) is 0 Å². The van der Waals surface area contributed by atoms with E-state index in [1.54, 1.807) is 0 Å². The lowest BCUT2D eigenvalue weighted by Gasteiger charge is -2.25. The van der Waals surface area contributed by atoms with Crippen molar-refractivity contribution in [1.29, 1.82) is 0 Å². The molecule has 4 heteroatoms. The van der Waals surface area contributed by atoms with Crippen molar-refractivity contribution in [3.63, 3.8) is 0 Å². The van der Waals surface area contributed by atoms with Crippen molar-refractivity contribution in [2.45, 2.75) is 19.9 Å². The first-order chi connectivity index (χ1) is 8.09. The minimum absolute atomic E-state index is 0.413. The minimum atomic E-state index is 0.413. The monoisotopic (exact) mass is 252 g/mol. The molecule has 1 rings (SSSR count). The van der Waals surface area contributed by atoms with Crippen molar-refractivity contribution in [3.05, 3.63) is 30.3 Å². The predicted molar refractivity (Wildman–Crippen MR) is 75.4 cm³/mol. The first-order valence-electron chi connectivity index (χ1n) is 5.80. The number of hydrogen-bond donors (Lipinski definition) is 1. The highest BCUT2D eigenvalue weighted by Crippen LogP contribution is 2.08. The molecular weight excluding hydrogens is 232 g/mol. The SMILES string of the molecule is CC(C)N(CCOc1ccccc1)CC(N)=S. The van der Waals surface area contributed by atoms with Gasteiger partial charge >= 0.3 is 0 Å². The van der Waals surface area contributed by atoms with E-state index in [-0.39, 0.29) is 0 Å². The van der Waals surface area contributed by atoms with E-state index < -0.39 is 0 Å². The Bertz CT molecular complexity index is 341. The Hall–Kier alpha value is -1.13. The van der Waals surface area contributed by atoms with E-state index in [1.165, 1.54) is 0 Å². The molecule has 2 N–H and O–H groups in total. The molecule has 3 nitrogen and oxygen atoms in total. The molecule has 0 aliphatic carbocycles. The van der Waals surface area contributed by atoms with Crippen LogP contribution in [0.5, 0.6) is 5.75 Å². The third kappa shape index (κ3) is 5.65. The third-order valence-electron chi connectivity index (χ3n) is 2.48. The van der Waals surface area contributed by atoms with Gasteiger partial charge < -0.3 is 10.5 Å². The first kappa shape index (κ1) is 13.9. The highest BCUT2D eigenvalue weighted by atomic mass is 32.1. The number of ether oxygens (including phenoxy) is 1. The fourth-order valence-electron chi connectivity index (χ4n) is 1.52. The van der Waals surface area contributed by atoms with E-state index >= 15 is 0 Å². The zero-order valence-electron chi connectivity index (χ0n) is 10.4. The Labute approximate surface area is 109 Å². The zero-order chi connectivity index (χ0) is 12.7. The van der Waals surface area contributed by atoms with Crippen LogP contribution in [0, 0.1) is 0 Å². The summed E-state index contributed by atoms with van der Waals surface area (Å²) in [5, 5.41) is 0. The molecule has 0 aliphatic rings. The third-order valence-corrected chi connectivity index (χ3v) is 2.61. The molecule has 1 aromatic carbocycles. The van der Waals surface area contributed by atoms with Crippen LogP contribution < -0.4 is 10.5 Å². The van der Waals surface area contributed by atoms with E-state index in [0.29, 0.717) is 24.2 Å². The standard InChI is InChI=1S/C13H20N2OS/c1-11(2)15(10-13(14)17)8-9-16-12-6-4-3-5-7-12/h3-7,11H,8-10H2,1-2H3,(H2,14,17). The van der Waals surface area contributed by atoms with Gasteiger partial charge in [-0.3, -0.25) is 4.90 Å². The zero-order valence-corrected chi connectivity index (χ0v) is 11.2. The predicted octanol–water partition coefficient (Wildman–Crippen LogP) is 2.06. The summed E-state index contributed by atoms with van der Waals surface area (Å²) in [5.74, 6) is 0.895. The van der Waals surface area contributed by atoms with Gasteiger partial charge in [-0.2, -0.15) is 0 Å². The number of nitrogens with zero attached hydrogens (tertiary/aromatic N) is 1. The molecule has 0 spiro atoms. The number of benzene rings is 1. The number of thiocarbonyl (C=S) groups is 1. The van der Waals surface area contributed by atoms with Crippen molar-refractivity contribution in [3.8, 4) is 5.75 Å². The molecule has 0 amide bonds. The normalized spacial score (nSPS) is 10.8. The molecule has 0 unspecified atom stereocenters. The second kappa shape index (κ2) is 7.25. The molecule has 0 atom stereocenters. The Morgan fingerprint density at radius 2 is 2.00 bits per heavy atom. The summed E-state index contributed by atoms with van der Waals surface area (Å²) in [6.45, 7) is 6.36. The summed E-state index contributed by atoms with van der Waals surface area (Å²) in [4.78, 5) is 2.73. The van der Waals surface area contributed by atoms with Gasteiger partial charge in [0, 0.05) is 19.1 Å². The average molecular weight is 252 g/mol. The fourth-order valence-corrected chi connectivity index (χ4v) is 1.68. The smallest absolute Gasteiger partial charge is 0.119 e. The van der Waals surface area contributed by atoms with Gasteiger partial charge in [0.1, 0.15) is 12.4 Å². The van der Waals surface area contributed by atoms with Crippen molar-refractivity contribution in [2.24, 2.45) is 5.73 Å². The van der Waals surface area contributed by atoms with E-state index in [2.05, 4.69) is 18.7 Å². The highest BCUT2D eigenvalue weighted by molar-refractivity contribution is 7.80. The molecule has 0 fully saturated rings. The van der Waals surface area contributed by atoms with Crippen LogP contribution in [-0.2, 0) is 0 Å². The summed E-state index contributed by atoms with van der Waals surface area (Å²) in [7, 11) is 0. The van der Waals surface area contributed by atoms with Gasteiger partial charge in [-0.05, 0) is 26.0 Å². The summed E-state index contributed by atoms with van der Waals surface area (Å²) < 4.78 is 5.64. The summed E-state index contributed by atoms with van der Waals surface area (Å²) in [5.41, 5.74) is 5.56. The van der Waals surface area contributed by atoms with E-state index in [4.69, 9.17) is 22.7 Å². The van der Waals surface area contributed by atoms with Gasteiger partial charge in [-0.25, -0.2) is 0 Å². The van der Waals surface area contributed by atoms with Crippen molar-refractivity contribution in [2.75, 3.05) is 19.7 Å². The molecule has 17 heavy (non-hydrogen) atoms. The molecule has 0 radical (unpaired) electrons. The Morgan fingerprint density at radius 3 is 2.53 bits per heavy atom. The van der Waals surface area contributed by atoms with Crippen LogP contribution in [0.2, 0.25) is 0 Å². The van der Waals surface area contributed by atoms with Gasteiger partial charge in [0.25, 0.3) is 0 Å². The van der Waals surface area contributed by atoms with Crippen LogP contribution in [0.25, 0.3) is 0 Å². The molecule has 0 heterocycles. The molecule has 0 aromatic heterocycles. The summed E-state index contributed by atoms with van der Waals surface area (Å²) in [6.07, 6.45) is 0. The summed E-state index contributed by atoms with van der Waals surface area (Å²) in [6, 6.07) is 10.2. The second-order valence-corrected chi connectivity index (χ2v) is 4.72. The minimum Gasteiger partial charge on any atom is -0.492 e. The lowest BCUT2D eigenvalue weighted by Crippen LogP contribution is -2.40. The average Bonchev–Trinajstić information content (AvgIpc) is 2.28. The molecule has 0 saturated carbocycles. The quantitative estimate of drug-likeness (QED) is 0.754. The van der Waals surface area contributed by atoms with Gasteiger partial charge in [0.2, 0.25) is 0 Å². The molecule has 0 aliphatic heterocycles. The largest absolute Gasteiger partial charge is 0.492 e. The number of nitrogens with two attached hydrogens (primary N) is 1. The fraction of sp³-hybridized carbons (Fsp3) is 0.462. The first-order valence-corrected chi connectivity index (χ1v) is 6.20. The maximum Gasteiger partial charge on any atom is 0.119 e. The van der Waals surface area contributed by atoms with Crippen molar-refractivity contribution >= 4 is 17.2 Å².